The summed E-state index contributed by atoms with van der Waals surface area (Å²) in [5, 5.41) is 13.1. The zero-order valence-corrected chi connectivity index (χ0v) is 10.4. The molecule has 2 aliphatic heterocycles. The van der Waals surface area contributed by atoms with Crippen molar-refractivity contribution in [1.29, 1.82) is 0 Å². The Morgan fingerprint density at radius 1 is 1.33 bits per heavy atom. The van der Waals surface area contributed by atoms with Gasteiger partial charge in [0.1, 0.15) is 11.6 Å². The summed E-state index contributed by atoms with van der Waals surface area (Å²) in [6, 6.07) is 5.23. The topological polar surface area (TPSA) is 35.5 Å². The summed E-state index contributed by atoms with van der Waals surface area (Å²) < 4.78 is 13.1. The van der Waals surface area contributed by atoms with Gasteiger partial charge in [0.25, 0.3) is 0 Å². The van der Waals surface area contributed by atoms with Gasteiger partial charge in [-0.3, -0.25) is 4.90 Å². The number of phenols is 1. The van der Waals surface area contributed by atoms with Gasteiger partial charge in [0.05, 0.1) is 0 Å². The molecule has 4 heteroatoms. The van der Waals surface area contributed by atoms with Crippen molar-refractivity contribution in [2.75, 3.05) is 13.1 Å². The number of benzene rings is 1. The molecule has 3 nitrogen and oxygen atoms in total. The molecule has 0 aromatic heterocycles. The second-order valence-electron chi connectivity index (χ2n) is 5.29. The molecule has 98 valence electrons. The Balaban J connectivity index is 1.62. The minimum absolute atomic E-state index is 0.171. The van der Waals surface area contributed by atoms with Gasteiger partial charge in [-0.2, -0.15) is 0 Å². The Morgan fingerprint density at radius 3 is 3.11 bits per heavy atom. The number of nitrogens with one attached hydrogen (secondary N) is 1. The molecule has 1 aromatic carbocycles. The number of phenolic OH excluding ortho intramolecular Hbond substituents is 1. The third-order valence-electron chi connectivity index (χ3n) is 4.20. The molecule has 0 saturated carbocycles. The van der Waals surface area contributed by atoms with Gasteiger partial charge < -0.3 is 10.4 Å². The lowest BCUT2D eigenvalue weighted by atomic mass is 10.1. The molecule has 2 heterocycles. The molecule has 18 heavy (non-hydrogen) atoms. The van der Waals surface area contributed by atoms with E-state index in [2.05, 4.69) is 10.2 Å². The number of hydrogen-bond donors (Lipinski definition) is 2. The van der Waals surface area contributed by atoms with E-state index in [1.165, 1.54) is 37.6 Å². The minimum Gasteiger partial charge on any atom is -0.508 e. The van der Waals surface area contributed by atoms with E-state index < -0.39 is 0 Å². The summed E-state index contributed by atoms with van der Waals surface area (Å²) in [5.41, 5.74) is 0.645. The van der Waals surface area contributed by atoms with Gasteiger partial charge in [0.15, 0.2) is 0 Å². The lowest BCUT2D eigenvalue weighted by Gasteiger charge is -2.21. The van der Waals surface area contributed by atoms with E-state index in [9.17, 15) is 9.50 Å². The fourth-order valence-corrected chi connectivity index (χ4v) is 3.26. The number of aromatic hydroxyl groups is 1. The standard InChI is InChI=1S/C14H19FN2O/c15-11-3-4-14(18)10(8-11)9-16-12-5-7-17-6-1-2-13(12)17/h3-4,8,12-13,16,18H,1-2,5-7,9H2. The molecule has 3 rings (SSSR count). The third-order valence-corrected chi connectivity index (χ3v) is 4.20. The van der Waals surface area contributed by atoms with Crippen LogP contribution in [0.2, 0.25) is 0 Å². The van der Waals surface area contributed by atoms with Crippen molar-refractivity contribution in [2.45, 2.75) is 37.9 Å². The van der Waals surface area contributed by atoms with Crippen LogP contribution in [0.15, 0.2) is 18.2 Å². The summed E-state index contributed by atoms with van der Waals surface area (Å²) >= 11 is 0. The lowest BCUT2D eigenvalue weighted by molar-refractivity contribution is 0.298. The molecular formula is C14H19FN2O. The molecular weight excluding hydrogens is 231 g/mol. The first-order valence-electron chi connectivity index (χ1n) is 6.69. The zero-order chi connectivity index (χ0) is 12.5. The Bertz CT molecular complexity index is 438. The zero-order valence-electron chi connectivity index (χ0n) is 10.4. The Morgan fingerprint density at radius 2 is 2.22 bits per heavy atom. The Labute approximate surface area is 107 Å². The normalized spacial score (nSPS) is 27.6. The van der Waals surface area contributed by atoms with Crippen molar-refractivity contribution in [3.63, 3.8) is 0 Å². The maximum Gasteiger partial charge on any atom is 0.123 e. The number of fused-ring (bicyclic) bond motifs is 1. The molecule has 2 aliphatic rings. The first-order valence-corrected chi connectivity index (χ1v) is 6.69. The van der Waals surface area contributed by atoms with Crippen molar-refractivity contribution < 1.29 is 9.50 Å². The van der Waals surface area contributed by atoms with Gasteiger partial charge in [-0.25, -0.2) is 4.39 Å². The smallest absolute Gasteiger partial charge is 0.123 e. The molecule has 0 aliphatic carbocycles. The van der Waals surface area contributed by atoms with E-state index in [1.54, 1.807) is 0 Å². The van der Waals surface area contributed by atoms with Gasteiger partial charge in [-0.15, -0.1) is 0 Å². The van der Waals surface area contributed by atoms with Crippen molar-refractivity contribution in [3.8, 4) is 5.75 Å². The Kier molecular flexibility index (Phi) is 3.22. The average Bonchev–Trinajstić information content (AvgIpc) is 2.93. The summed E-state index contributed by atoms with van der Waals surface area (Å²) in [6.45, 7) is 2.92. The molecule has 2 fully saturated rings. The maximum atomic E-state index is 13.1. The summed E-state index contributed by atoms with van der Waals surface area (Å²) in [4.78, 5) is 2.53. The van der Waals surface area contributed by atoms with E-state index >= 15 is 0 Å². The average molecular weight is 250 g/mol. The van der Waals surface area contributed by atoms with Crippen LogP contribution in [0.1, 0.15) is 24.8 Å². The van der Waals surface area contributed by atoms with Crippen LogP contribution in [-0.4, -0.2) is 35.2 Å². The van der Waals surface area contributed by atoms with E-state index in [4.69, 9.17) is 0 Å². The first kappa shape index (κ1) is 11.9. The van der Waals surface area contributed by atoms with Crippen molar-refractivity contribution in [1.82, 2.24) is 10.2 Å². The minimum atomic E-state index is -0.293. The molecule has 2 saturated heterocycles. The largest absolute Gasteiger partial charge is 0.508 e. The fourth-order valence-electron chi connectivity index (χ4n) is 3.26. The number of nitrogens with zero attached hydrogens (tertiary/aromatic N) is 1. The second-order valence-corrected chi connectivity index (χ2v) is 5.29. The second kappa shape index (κ2) is 4.86. The van der Waals surface area contributed by atoms with Gasteiger partial charge >= 0.3 is 0 Å². The highest BCUT2D eigenvalue weighted by Gasteiger charge is 2.36. The molecule has 2 N–H and O–H groups in total. The van der Waals surface area contributed by atoms with Crippen LogP contribution < -0.4 is 5.32 Å². The molecule has 0 spiro atoms. The predicted octanol–water partition coefficient (Wildman–Crippen LogP) is 1.86. The van der Waals surface area contributed by atoms with Crippen LogP contribution in [0.25, 0.3) is 0 Å². The molecule has 0 amide bonds. The lowest BCUT2D eigenvalue weighted by Crippen LogP contribution is -2.38. The third kappa shape index (κ3) is 2.22. The number of rotatable bonds is 3. The molecule has 0 bridgehead atoms. The van der Waals surface area contributed by atoms with E-state index in [0.717, 1.165) is 13.0 Å². The van der Waals surface area contributed by atoms with Crippen LogP contribution >= 0.6 is 0 Å². The molecule has 2 unspecified atom stereocenters. The van der Waals surface area contributed by atoms with Crippen molar-refractivity contribution in [3.05, 3.63) is 29.6 Å². The maximum absolute atomic E-state index is 13.1. The van der Waals surface area contributed by atoms with Crippen LogP contribution in [-0.2, 0) is 6.54 Å². The SMILES string of the molecule is Oc1ccc(F)cc1CNC1CCN2CCCC12. The van der Waals surface area contributed by atoms with Crippen LogP contribution in [0.3, 0.4) is 0 Å². The van der Waals surface area contributed by atoms with E-state index in [0.29, 0.717) is 24.2 Å². The number of halogens is 1. The van der Waals surface area contributed by atoms with Crippen molar-refractivity contribution in [2.24, 2.45) is 0 Å². The summed E-state index contributed by atoms with van der Waals surface area (Å²) in [7, 11) is 0. The summed E-state index contributed by atoms with van der Waals surface area (Å²) in [6.07, 6.45) is 3.70. The molecule has 0 radical (unpaired) electrons. The van der Waals surface area contributed by atoms with Crippen LogP contribution in [0, 0.1) is 5.82 Å². The van der Waals surface area contributed by atoms with Crippen LogP contribution in [0.5, 0.6) is 5.75 Å². The fraction of sp³-hybridized carbons (Fsp3) is 0.571. The molecule has 1 aromatic rings. The van der Waals surface area contributed by atoms with Gasteiger partial charge in [-0.1, -0.05) is 0 Å². The first-order chi connectivity index (χ1) is 8.74. The van der Waals surface area contributed by atoms with Gasteiger partial charge in [0.2, 0.25) is 0 Å². The Hall–Kier alpha value is -1.13. The highest BCUT2D eigenvalue weighted by Crippen LogP contribution is 2.28. The van der Waals surface area contributed by atoms with Crippen molar-refractivity contribution >= 4 is 0 Å². The van der Waals surface area contributed by atoms with Crippen LogP contribution in [0.4, 0.5) is 4.39 Å². The highest BCUT2D eigenvalue weighted by atomic mass is 19.1. The van der Waals surface area contributed by atoms with E-state index in [-0.39, 0.29) is 11.6 Å². The van der Waals surface area contributed by atoms with Gasteiger partial charge in [-0.05, 0) is 44.0 Å². The van der Waals surface area contributed by atoms with Gasteiger partial charge in [0, 0.05) is 30.7 Å². The highest BCUT2D eigenvalue weighted by molar-refractivity contribution is 5.32. The van der Waals surface area contributed by atoms with E-state index in [1.807, 2.05) is 0 Å². The summed E-state index contributed by atoms with van der Waals surface area (Å²) in [5.74, 6) is -0.122. The predicted molar refractivity (Wildman–Crippen MR) is 67.9 cm³/mol. The molecule has 2 atom stereocenters. The monoisotopic (exact) mass is 250 g/mol. The number of hydrogen-bond acceptors (Lipinski definition) is 3. The quantitative estimate of drug-likeness (QED) is 0.859.